The minimum absolute atomic E-state index is 0. The smallest absolute Gasteiger partial charge is 0.200 e. The Hall–Kier alpha value is -0.880. The van der Waals surface area contributed by atoms with E-state index in [1.165, 1.54) is 18.9 Å². The molecule has 4 N–H and O–H groups in total. The van der Waals surface area contributed by atoms with Crippen LogP contribution in [-0.2, 0) is 0 Å². The van der Waals surface area contributed by atoms with Crippen LogP contribution in [0.4, 0.5) is 0 Å². The molecule has 1 saturated carbocycles. The van der Waals surface area contributed by atoms with E-state index in [9.17, 15) is 15.3 Å². The van der Waals surface area contributed by atoms with Crippen molar-refractivity contribution in [3.63, 3.8) is 0 Å². The van der Waals surface area contributed by atoms with Gasteiger partial charge in [0.2, 0.25) is 5.75 Å². The van der Waals surface area contributed by atoms with Gasteiger partial charge in [0.15, 0.2) is 11.5 Å². The number of halogens is 2. The third-order valence-corrected chi connectivity index (χ3v) is 4.87. The van der Waals surface area contributed by atoms with Crippen molar-refractivity contribution in [2.24, 2.45) is 5.92 Å². The van der Waals surface area contributed by atoms with Crippen LogP contribution in [0.1, 0.15) is 37.3 Å². The summed E-state index contributed by atoms with van der Waals surface area (Å²) in [5.41, 5.74) is 0.749. The Labute approximate surface area is 149 Å². The Morgan fingerprint density at radius 3 is 2.17 bits per heavy atom. The normalized spacial score (nSPS) is 20.5. The first-order valence-electron chi connectivity index (χ1n) is 7.87. The highest BCUT2D eigenvalue weighted by atomic mass is 35.5. The zero-order chi connectivity index (χ0) is 14.8. The molecule has 3 rings (SSSR count). The van der Waals surface area contributed by atoms with E-state index in [4.69, 9.17) is 0 Å². The number of rotatable bonds is 3. The quantitative estimate of drug-likeness (QED) is 0.620. The SMILES string of the molecule is Cl.Cl.Oc1ccc([C@@H](C2CCCC2)N2CCNCC2)c(O)c1O. The van der Waals surface area contributed by atoms with E-state index in [2.05, 4.69) is 10.2 Å². The highest BCUT2D eigenvalue weighted by molar-refractivity contribution is 5.85. The second kappa shape index (κ2) is 8.83. The predicted octanol–water partition coefficient (Wildman–Crippen LogP) is 2.78. The summed E-state index contributed by atoms with van der Waals surface area (Å²) >= 11 is 0. The molecule has 5 nitrogen and oxygen atoms in total. The van der Waals surface area contributed by atoms with Gasteiger partial charge in [-0.2, -0.15) is 0 Å². The molecule has 2 fully saturated rings. The highest BCUT2D eigenvalue weighted by Crippen LogP contribution is 2.47. The molecule has 1 saturated heterocycles. The maximum Gasteiger partial charge on any atom is 0.200 e. The van der Waals surface area contributed by atoms with Crippen LogP contribution in [0.2, 0.25) is 0 Å². The van der Waals surface area contributed by atoms with Gasteiger partial charge in [-0.1, -0.05) is 12.8 Å². The molecule has 2 aliphatic rings. The molecular weight excluding hydrogens is 339 g/mol. The largest absolute Gasteiger partial charge is 0.504 e. The number of phenolic OH excluding ortho intramolecular Hbond substituents is 3. The molecule has 1 aliphatic heterocycles. The summed E-state index contributed by atoms with van der Waals surface area (Å²) in [6.07, 6.45) is 4.79. The third kappa shape index (κ3) is 4.15. The van der Waals surface area contributed by atoms with Crippen molar-refractivity contribution in [2.75, 3.05) is 26.2 Å². The summed E-state index contributed by atoms with van der Waals surface area (Å²) in [5, 5.41) is 33.0. The Bertz CT molecular complexity index is 504. The topological polar surface area (TPSA) is 76.0 Å². The van der Waals surface area contributed by atoms with Crippen molar-refractivity contribution < 1.29 is 15.3 Å². The average molecular weight is 365 g/mol. The summed E-state index contributed by atoms with van der Waals surface area (Å²) in [6.45, 7) is 3.80. The van der Waals surface area contributed by atoms with E-state index in [1.54, 1.807) is 6.07 Å². The molecule has 0 aromatic heterocycles. The molecular formula is C16H26Cl2N2O3. The zero-order valence-electron chi connectivity index (χ0n) is 13.1. The summed E-state index contributed by atoms with van der Waals surface area (Å²) in [6, 6.07) is 3.37. The van der Waals surface area contributed by atoms with E-state index < -0.39 is 5.75 Å². The minimum atomic E-state index is -0.398. The van der Waals surface area contributed by atoms with Crippen molar-refractivity contribution >= 4 is 24.8 Å². The molecule has 1 aromatic rings. The van der Waals surface area contributed by atoms with Gasteiger partial charge in [-0.05, 0) is 30.9 Å². The van der Waals surface area contributed by atoms with Crippen LogP contribution in [-0.4, -0.2) is 46.4 Å². The summed E-state index contributed by atoms with van der Waals surface area (Å²) in [7, 11) is 0. The number of benzene rings is 1. The van der Waals surface area contributed by atoms with Crippen LogP contribution in [0.3, 0.4) is 0 Å². The van der Waals surface area contributed by atoms with Crippen molar-refractivity contribution in [2.45, 2.75) is 31.7 Å². The fourth-order valence-electron chi connectivity index (χ4n) is 3.81. The molecule has 0 unspecified atom stereocenters. The molecule has 7 heteroatoms. The van der Waals surface area contributed by atoms with Gasteiger partial charge >= 0.3 is 0 Å². The second-order valence-corrected chi connectivity index (χ2v) is 6.15. The Morgan fingerprint density at radius 1 is 0.957 bits per heavy atom. The van der Waals surface area contributed by atoms with Crippen molar-refractivity contribution in [3.05, 3.63) is 17.7 Å². The molecule has 23 heavy (non-hydrogen) atoms. The first kappa shape index (κ1) is 20.2. The highest BCUT2D eigenvalue weighted by Gasteiger charge is 2.34. The van der Waals surface area contributed by atoms with Gasteiger partial charge in [-0.15, -0.1) is 24.8 Å². The van der Waals surface area contributed by atoms with E-state index in [-0.39, 0.29) is 42.4 Å². The first-order chi connectivity index (χ1) is 10.2. The average Bonchev–Trinajstić information content (AvgIpc) is 3.03. The maximum absolute atomic E-state index is 10.3. The Morgan fingerprint density at radius 2 is 1.57 bits per heavy atom. The predicted molar refractivity (Wildman–Crippen MR) is 95.1 cm³/mol. The van der Waals surface area contributed by atoms with E-state index in [0.717, 1.165) is 44.6 Å². The van der Waals surface area contributed by atoms with Gasteiger partial charge in [0.05, 0.1) is 0 Å². The Kier molecular flexibility index (Phi) is 7.74. The lowest BCUT2D eigenvalue weighted by Gasteiger charge is -2.39. The number of aromatic hydroxyl groups is 3. The molecule has 0 bridgehead atoms. The lowest BCUT2D eigenvalue weighted by molar-refractivity contribution is 0.123. The minimum Gasteiger partial charge on any atom is -0.504 e. The first-order valence-corrected chi connectivity index (χ1v) is 7.87. The molecule has 0 radical (unpaired) electrons. The van der Waals surface area contributed by atoms with Crippen LogP contribution >= 0.6 is 24.8 Å². The number of phenols is 3. The van der Waals surface area contributed by atoms with E-state index in [1.807, 2.05) is 0 Å². The number of piperazine rings is 1. The van der Waals surface area contributed by atoms with Crippen molar-refractivity contribution in [3.8, 4) is 17.2 Å². The van der Waals surface area contributed by atoms with Crippen LogP contribution < -0.4 is 5.32 Å². The zero-order valence-corrected chi connectivity index (χ0v) is 14.7. The van der Waals surface area contributed by atoms with Gasteiger partial charge in [-0.3, -0.25) is 4.90 Å². The van der Waals surface area contributed by atoms with Gasteiger partial charge < -0.3 is 20.6 Å². The van der Waals surface area contributed by atoms with E-state index in [0.29, 0.717) is 5.92 Å². The monoisotopic (exact) mass is 364 g/mol. The number of nitrogens with zero attached hydrogens (tertiary/aromatic N) is 1. The number of hydrogen-bond donors (Lipinski definition) is 4. The second-order valence-electron chi connectivity index (χ2n) is 6.15. The van der Waals surface area contributed by atoms with Crippen LogP contribution in [0, 0.1) is 5.92 Å². The Balaban J connectivity index is 0.00000132. The fourth-order valence-corrected chi connectivity index (χ4v) is 3.81. The molecule has 1 aliphatic carbocycles. The molecule has 0 amide bonds. The number of hydrogen-bond acceptors (Lipinski definition) is 5. The van der Waals surface area contributed by atoms with Gasteiger partial charge in [-0.25, -0.2) is 0 Å². The molecule has 1 atom stereocenters. The van der Waals surface area contributed by atoms with Gasteiger partial charge in [0.1, 0.15) is 0 Å². The summed E-state index contributed by atoms with van der Waals surface area (Å²) in [5.74, 6) is -0.310. The lowest BCUT2D eigenvalue weighted by atomic mass is 9.89. The maximum atomic E-state index is 10.3. The molecule has 0 spiro atoms. The van der Waals surface area contributed by atoms with Gasteiger partial charge in [0, 0.05) is 37.8 Å². The van der Waals surface area contributed by atoms with Crippen LogP contribution in [0.25, 0.3) is 0 Å². The summed E-state index contributed by atoms with van der Waals surface area (Å²) in [4.78, 5) is 2.40. The van der Waals surface area contributed by atoms with Crippen molar-refractivity contribution in [1.82, 2.24) is 10.2 Å². The number of nitrogens with one attached hydrogen (secondary N) is 1. The van der Waals surface area contributed by atoms with Gasteiger partial charge in [0.25, 0.3) is 0 Å². The van der Waals surface area contributed by atoms with E-state index >= 15 is 0 Å². The van der Waals surface area contributed by atoms with Crippen LogP contribution in [0.5, 0.6) is 17.2 Å². The fraction of sp³-hybridized carbons (Fsp3) is 0.625. The third-order valence-electron chi connectivity index (χ3n) is 4.87. The standard InChI is InChI=1S/C16H24N2O3.2ClH/c19-13-6-5-12(15(20)16(13)21)14(11-3-1-2-4-11)18-9-7-17-8-10-18;;/h5-6,11,14,17,19-21H,1-4,7-10H2;2*1H/t14-;;/m1../s1. The summed E-state index contributed by atoms with van der Waals surface area (Å²) < 4.78 is 0. The molecule has 1 aromatic carbocycles. The van der Waals surface area contributed by atoms with Crippen molar-refractivity contribution in [1.29, 1.82) is 0 Å². The molecule has 132 valence electrons. The molecule has 1 heterocycles. The van der Waals surface area contributed by atoms with Crippen LogP contribution in [0.15, 0.2) is 12.1 Å². The lowest BCUT2D eigenvalue weighted by Crippen LogP contribution is -2.46.